The quantitative estimate of drug-likeness (QED) is 0.463. The molecule has 0 radical (unpaired) electrons. The Morgan fingerprint density at radius 1 is 1.00 bits per heavy atom. The molecule has 0 saturated heterocycles. The Kier molecular flexibility index (Phi) is 6.11. The Morgan fingerprint density at radius 2 is 1.66 bits per heavy atom. The molecule has 0 aromatic carbocycles. The van der Waals surface area contributed by atoms with Crippen molar-refractivity contribution in [2.45, 2.75) is 96.1 Å². The minimum Gasteiger partial charge on any atom is -0.382 e. The standard InChI is InChI=1S/C26H37N5O/c1-2-3-4-5-6-7-8-11-31-17-28-23-24(27)29-22(30-25(23)31)9-10-26(32)20-13-18-12-19(15-20)16-21(26)14-18/h17-21,32H,2-8,11-16H2,1H3,(H2,27,29,30). The van der Waals surface area contributed by atoms with Gasteiger partial charge in [0.05, 0.1) is 6.33 Å². The summed E-state index contributed by atoms with van der Waals surface area (Å²) in [7, 11) is 0. The van der Waals surface area contributed by atoms with E-state index >= 15 is 0 Å². The molecular formula is C26H37N5O. The lowest BCUT2D eigenvalue weighted by molar-refractivity contribution is -0.136. The number of hydrogen-bond acceptors (Lipinski definition) is 5. The average Bonchev–Trinajstić information content (AvgIpc) is 3.18. The van der Waals surface area contributed by atoms with Crippen molar-refractivity contribution in [3.8, 4) is 11.8 Å². The first-order chi connectivity index (χ1) is 15.6. The van der Waals surface area contributed by atoms with Crippen molar-refractivity contribution in [2.24, 2.45) is 23.7 Å². The van der Waals surface area contributed by atoms with Crippen molar-refractivity contribution in [1.82, 2.24) is 19.5 Å². The van der Waals surface area contributed by atoms with Crippen LogP contribution < -0.4 is 5.73 Å². The number of aryl methyl sites for hydroxylation is 1. The fourth-order valence-corrected chi connectivity index (χ4v) is 6.69. The van der Waals surface area contributed by atoms with Gasteiger partial charge in [0, 0.05) is 6.54 Å². The summed E-state index contributed by atoms with van der Waals surface area (Å²) >= 11 is 0. The molecule has 2 heterocycles. The molecule has 4 fully saturated rings. The molecule has 0 amide bonds. The second kappa shape index (κ2) is 9.02. The molecule has 2 aromatic heterocycles. The first-order valence-corrected chi connectivity index (χ1v) is 12.8. The minimum atomic E-state index is -0.890. The number of imidazole rings is 1. The predicted molar refractivity (Wildman–Crippen MR) is 127 cm³/mol. The summed E-state index contributed by atoms with van der Waals surface area (Å²) in [5.74, 6) is 9.31. The summed E-state index contributed by atoms with van der Waals surface area (Å²) in [5.41, 5.74) is 6.70. The van der Waals surface area contributed by atoms with Gasteiger partial charge >= 0.3 is 0 Å². The van der Waals surface area contributed by atoms with Crippen molar-refractivity contribution in [1.29, 1.82) is 0 Å². The molecule has 32 heavy (non-hydrogen) atoms. The third-order valence-electron chi connectivity index (χ3n) is 8.25. The van der Waals surface area contributed by atoms with Gasteiger partial charge in [0.1, 0.15) is 11.1 Å². The fourth-order valence-electron chi connectivity index (χ4n) is 6.69. The van der Waals surface area contributed by atoms with Crippen LogP contribution in [0.1, 0.15) is 89.8 Å². The maximum absolute atomic E-state index is 11.5. The lowest BCUT2D eigenvalue weighted by Gasteiger charge is -2.56. The Hall–Kier alpha value is -2.13. The molecule has 6 nitrogen and oxygen atoms in total. The van der Waals surface area contributed by atoms with Gasteiger partial charge in [-0.05, 0) is 68.1 Å². The van der Waals surface area contributed by atoms with Gasteiger partial charge in [-0.2, -0.15) is 0 Å². The third kappa shape index (κ3) is 4.12. The van der Waals surface area contributed by atoms with Crippen molar-refractivity contribution >= 4 is 17.0 Å². The van der Waals surface area contributed by atoms with Crippen LogP contribution >= 0.6 is 0 Å². The summed E-state index contributed by atoms with van der Waals surface area (Å²) in [6.07, 6.45) is 16.5. The van der Waals surface area contributed by atoms with E-state index in [0.717, 1.165) is 56.1 Å². The molecule has 3 N–H and O–H groups in total. The van der Waals surface area contributed by atoms with E-state index in [1.807, 2.05) is 6.33 Å². The van der Waals surface area contributed by atoms with Crippen molar-refractivity contribution in [3.63, 3.8) is 0 Å². The summed E-state index contributed by atoms with van der Waals surface area (Å²) in [6.45, 7) is 3.13. The molecule has 4 saturated carbocycles. The number of fused-ring (bicyclic) bond motifs is 1. The predicted octanol–water partition coefficient (Wildman–Crippen LogP) is 4.70. The number of anilines is 1. The number of rotatable bonds is 8. The highest BCUT2D eigenvalue weighted by molar-refractivity contribution is 5.81. The second-order valence-electron chi connectivity index (χ2n) is 10.5. The third-order valence-corrected chi connectivity index (χ3v) is 8.25. The molecule has 2 aromatic rings. The largest absolute Gasteiger partial charge is 0.382 e. The number of nitrogens with zero attached hydrogens (tertiary/aromatic N) is 4. The first-order valence-electron chi connectivity index (χ1n) is 12.8. The Bertz CT molecular complexity index is 988. The minimum absolute atomic E-state index is 0.301. The topological polar surface area (TPSA) is 89.9 Å². The van der Waals surface area contributed by atoms with Crippen LogP contribution in [0, 0.1) is 35.5 Å². The normalized spacial score (nSPS) is 30.6. The molecular weight excluding hydrogens is 398 g/mol. The Morgan fingerprint density at radius 3 is 2.34 bits per heavy atom. The van der Waals surface area contributed by atoms with Crippen LogP contribution in [0.4, 0.5) is 5.82 Å². The van der Waals surface area contributed by atoms with Crippen LogP contribution in [0.15, 0.2) is 6.33 Å². The van der Waals surface area contributed by atoms with E-state index in [1.54, 1.807) is 0 Å². The molecule has 0 spiro atoms. The first kappa shape index (κ1) is 21.7. The molecule has 0 unspecified atom stereocenters. The number of nitrogen functional groups attached to an aromatic ring is 1. The maximum atomic E-state index is 11.5. The summed E-state index contributed by atoms with van der Waals surface area (Å²) in [5, 5.41) is 11.5. The molecule has 4 aliphatic rings. The van der Waals surface area contributed by atoms with Crippen LogP contribution in [0.5, 0.6) is 0 Å². The molecule has 6 heteroatoms. The SMILES string of the molecule is CCCCCCCCCn1cnc2c(N)nc(C#CC3(O)C4CC5CC(C4)CC3C5)nc21. The van der Waals surface area contributed by atoms with Crippen LogP contribution in [-0.2, 0) is 6.54 Å². The highest BCUT2D eigenvalue weighted by Crippen LogP contribution is 2.58. The number of nitrogens with two attached hydrogens (primary N) is 1. The zero-order valence-electron chi connectivity index (χ0n) is 19.4. The molecule has 6 rings (SSSR count). The van der Waals surface area contributed by atoms with Crippen molar-refractivity contribution in [2.75, 3.05) is 5.73 Å². The zero-order chi connectivity index (χ0) is 22.1. The summed E-state index contributed by atoms with van der Waals surface area (Å²) < 4.78 is 2.07. The van der Waals surface area contributed by atoms with Gasteiger partial charge in [-0.15, -0.1) is 0 Å². The van der Waals surface area contributed by atoms with E-state index < -0.39 is 5.60 Å². The number of aromatic nitrogens is 4. The molecule has 172 valence electrons. The van der Waals surface area contributed by atoms with Gasteiger partial charge in [0.2, 0.25) is 5.82 Å². The monoisotopic (exact) mass is 435 g/mol. The molecule has 4 aliphatic carbocycles. The van der Waals surface area contributed by atoms with Crippen LogP contribution in [0.3, 0.4) is 0 Å². The van der Waals surface area contributed by atoms with E-state index in [-0.39, 0.29) is 0 Å². The van der Waals surface area contributed by atoms with E-state index in [2.05, 4.69) is 33.3 Å². The lowest BCUT2D eigenvalue weighted by Crippen LogP contribution is -2.56. The van der Waals surface area contributed by atoms with Crippen LogP contribution in [0.2, 0.25) is 0 Å². The van der Waals surface area contributed by atoms with Crippen molar-refractivity contribution in [3.05, 3.63) is 12.2 Å². The van der Waals surface area contributed by atoms with Crippen molar-refractivity contribution < 1.29 is 5.11 Å². The zero-order valence-corrected chi connectivity index (χ0v) is 19.4. The highest BCUT2D eigenvalue weighted by Gasteiger charge is 2.56. The van der Waals surface area contributed by atoms with Gasteiger partial charge in [-0.3, -0.25) is 0 Å². The van der Waals surface area contributed by atoms with Gasteiger partial charge in [0.25, 0.3) is 0 Å². The van der Waals surface area contributed by atoms with E-state index in [9.17, 15) is 5.11 Å². The lowest BCUT2D eigenvalue weighted by atomic mass is 9.50. The molecule has 4 bridgehead atoms. The van der Waals surface area contributed by atoms with Gasteiger partial charge in [-0.1, -0.05) is 51.4 Å². The summed E-state index contributed by atoms with van der Waals surface area (Å²) in [4.78, 5) is 13.5. The van der Waals surface area contributed by atoms with Gasteiger partial charge in [0.15, 0.2) is 11.5 Å². The fraction of sp³-hybridized carbons (Fsp3) is 0.731. The van der Waals surface area contributed by atoms with Crippen LogP contribution in [-0.4, -0.2) is 30.2 Å². The van der Waals surface area contributed by atoms with E-state index in [1.165, 1.54) is 44.9 Å². The summed E-state index contributed by atoms with van der Waals surface area (Å²) in [6, 6.07) is 0. The number of hydrogen-bond donors (Lipinski definition) is 2. The Labute approximate surface area is 191 Å². The smallest absolute Gasteiger partial charge is 0.209 e. The number of aliphatic hydroxyl groups is 1. The van der Waals surface area contributed by atoms with Gasteiger partial charge in [-0.25, -0.2) is 15.0 Å². The number of unbranched alkanes of at least 4 members (excludes halogenated alkanes) is 6. The molecule has 0 aliphatic heterocycles. The van der Waals surface area contributed by atoms with Crippen LogP contribution in [0.25, 0.3) is 11.2 Å². The Balaban J connectivity index is 1.29. The maximum Gasteiger partial charge on any atom is 0.209 e. The highest BCUT2D eigenvalue weighted by atomic mass is 16.3. The van der Waals surface area contributed by atoms with Gasteiger partial charge < -0.3 is 15.4 Å². The molecule has 0 atom stereocenters. The van der Waals surface area contributed by atoms with E-state index in [4.69, 9.17) is 10.7 Å². The second-order valence-corrected chi connectivity index (χ2v) is 10.5. The average molecular weight is 436 g/mol. The van der Waals surface area contributed by atoms with E-state index in [0.29, 0.717) is 29.0 Å².